The standard InChI is InChI=1S/C17H23N3O5/c1-17(2,3)24-16(23)19-15(18)11-6-4-10(5-7-11)13-8-12(25-20-13)9-14(21)22/h4-7,12-13,20H,8-9H2,1-3H3,(H,21,22)(H2,18,19,23). The maximum Gasteiger partial charge on any atom is 0.413 e. The number of carbonyl (C=O) groups excluding carboxylic acids is 1. The summed E-state index contributed by atoms with van der Waals surface area (Å²) in [4.78, 5) is 27.7. The molecule has 8 heteroatoms. The number of hydroxylamine groups is 1. The summed E-state index contributed by atoms with van der Waals surface area (Å²) < 4.78 is 5.11. The summed E-state index contributed by atoms with van der Waals surface area (Å²) in [6.07, 6.45) is -0.538. The third kappa shape index (κ3) is 5.84. The second-order valence-corrected chi connectivity index (χ2v) is 6.87. The minimum absolute atomic E-state index is 0.0496. The number of rotatable bonds is 4. The first kappa shape index (κ1) is 18.9. The molecular formula is C17H23N3O5. The predicted molar refractivity (Wildman–Crippen MR) is 90.3 cm³/mol. The Morgan fingerprint density at radius 1 is 1.36 bits per heavy atom. The normalized spacial score (nSPS) is 20.1. The molecule has 1 heterocycles. The molecule has 1 fully saturated rings. The smallest absolute Gasteiger partial charge is 0.413 e. The fourth-order valence-electron chi connectivity index (χ4n) is 2.42. The third-order valence-electron chi connectivity index (χ3n) is 3.51. The molecule has 1 aromatic carbocycles. The lowest BCUT2D eigenvalue weighted by molar-refractivity contribution is -0.140. The number of nitrogens with one attached hydrogen (secondary N) is 3. The highest BCUT2D eigenvalue weighted by molar-refractivity contribution is 6.04. The molecule has 8 nitrogen and oxygen atoms in total. The summed E-state index contributed by atoms with van der Waals surface area (Å²) in [6, 6.07) is 6.93. The van der Waals surface area contributed by atoms with Crippen LogP contribution in [0, 0.1) is 5.41 Å². The number of aliphatic carboxylic acids is 1. The zero-order valence-electron chi connectivity index (χ0n) is 14.5. The molecule has 25 heavy (non-hydrogen) atoms. The molecule has 0 spiro atoms. The van der Waals surface area contributed by atoms with E-state index < -0.39 is 17.7 Å². The van der Waals surface area contributed by atoms with Gasteiger partial charge in [-0.3, -0.25) is 20.4 Å². The Hall–Kier alpha value is -2.45. The number of hydrogen-bond acceptors (Lipinski definition) is 6. The molecule has 0 aromatic heterocycles. The van der Waals surface area contributed by atoms with Crippen LogP contribution in [0.25, 0.3) is 0 Å². The molecule has 2 atom stereocenters. The number of amidine groups is 1. The van der Waals surface area contributed by atoms with Gasteiger partial charge in [0, 0.05) is 5.56 Å². The Balaban J connectivity index is 1.92. The fraction of sp³-hybridized carbons (Fsp3) is 0.471. The second-order valence-electron chi connectivity index (χ2n) is 6.87. The van der Waals surface area contributed by atoms with E-state index >= 15 is 0 Å². The van der Waals surface area contributed by atoms with Crippen LogP contribution in [0.1, 0.15) is 50.8 Å². The first-order valence-electron chi connectivity index (χ1n) is 7.96. The zero-order chi connectivity index (χ0) is 18.6. The number of ether oxygens (including phenoxy) is 1. The van der Waals surface area contributed by atoms with Crippen LogP contribution < -0.4 is 10.8 Å². The van der Waals surface area contributed by atoms with Gasteiger partial charge in [-0.2, -0.15) is 5.48 Å². The van der Waals surface area contributed by atoms with Crippen LogP contribution in [0.3, 0.4) is 0 Å². The number of carboxylic acids is 1. The van der Waals surface area contributed by atoms with Crippen molar-refractivity contribution in [2.24, 2.45) is 0 Å². The van der Waals surface area contributed by atoms with Crippen LogP contribution in [0.4, 0.5) is 4.79 Å². The predicted octanol–water partition coefficient (Wildman–Crippen LogP) is 2.35. The van der Waals surface area contributed by atoms with Crippen molar-refractivity contribution in [2.75, 3.05) is 0 Å². The van der Waals surface area contributed by atoms with Crippen LogP contribution >= 0.6 is 0 Å². The lowest BCUT2D eigenvalue weighted by Gasteiger charge is -2.20. The maximum atomic E-state index is 11.7. The van der Waals surface area contributed by atoms with Gasteiger partial charge in [0.25, 0.3) is 0 Å². The minimum Gasteiger partial charge on any atom is -0.481 e. The van der Waals surface area contributed by atoms with Crippen molar-refractivity contribution in [2.45, 2.75) is 51.4 Å². The van der Waals surface area contributed by atoms with Gasteiger partial charge in [-0.1, -0.05) is 24.3 Å². The van der Waals surface area contributed by atoms with E-state index in [1.54, 1.807) is 32.9 Å². The third-order valence-corrected chi connectivity index (χ3v) is 3.51. The second kappa shape index (κ2) is 7.62. The van der Waals surface area contributed by atoms with E-state index in [-0.39, 0.29) is 24.4 Å². The number of carboxylic acid groups (broad SMARTS) is 1. The average molecular weight is 349 g/mol. The van der Waals surface area contributed by atoms with Gasteiger partial charge in [-0.05, 0) is 32.8 Å². The van der Waals surface area contributed by atoms with Gasteiger partial charge in [0.1, 0.15) is 11.4 Å². The molecule has 2 unspecified atom stereocenters. The van der Waals surface area contributed by atoms with E-state index in [0.717, 1.165) is 5.56 Å². The van der Waals surface area contributed by atoms with Crippen molar-refractivity contribution in [1.82, 2.24) is 10.8 Å². The molecule has 1 amide bonds. The van der Waals surface area contributed by atoms with E-state index in [0.29, 0.717) is 12.0 Å². The molecule has 136 valence electrons. The Morgan fingerprint density at radius 2 is 2.00 bits per heavy atom. The molecule has 1 saturated heterocycles. The van der Waals surface area contributed by atoms with Crippen molar-refractivity contribution >= 4 is 17.9 Å². The fourth-order valence-corrected chi connectivity index (χ4v) is 2.42. The van der Waals surface area contributed by atoms with Crippen LogP contribution in [-0.2, 0) is 14.4 Å². The first-order valence-corrected chi connectivity index (χ1v) is 7.96. The van der Waals surface area contributed by atoms with Crippen LogP contribution in [0.2, 0.25) is 0 Å². The van der Waals surface area contributed by atoms with E-state index in [4.69, 9.17) is 20.1 Å². The lowest BCUT2D eigenvalue weighted by atomic mass is 10.00. The summed E-state index contributed by atoms with van der Waals surface area (Å²) in [5.74, 6) is -0.954. The lowest BCUT2D eigenvalue weighted by Crippen LogP contribution is -2.36. The Bertz CT molecular complexity index is 651. The topological polar surface area (TPSA) is 121 Å². The van der Waals surface area contributed by atoms with E-state index in [2.05, 4.69) is 10.8 Å². The van der Waals surface area contributed by atoms with E-state index in [1.807, 2.05) is 12.1 Å². The molecule has 0 aliphatic carbocycles. The summed E-state index contributed by atoms with van der Waals surface area (Å²) in [7, 11) is 0. The van der Waals surface area contributed by atoms with E-state index in [1.165, 1.54) is 0 Å². The van der Waals surface area contributed by atoms with Crippen LogP contribution in [-0.4, -0.2) is 34.7 Å². The Morgan fingerprint density at radius 3 is 2.56 bits per heavy atom. The number of benzene rings is 1. The molecule has 0 saturated carbocycles. The van der Waals surface area contributed by atoms with Gasteiger partial charge in [0.05, 0.1) is 18.6 Å². The largest absolute Gasteiger partial charge is 0.481 e. The SMILES string of the molecule is CC(C)(C)OC(=O)NC(=N)c1ccc(C2CC(CC(=O)O)ON2)cc1. The molecule has 0 bridgehead atoms. The molecule has 1 aromatic rings. The molecule has 1 aliphatic heterocycles. The quantitative estimate of drug-likeness (QED) is 0.489. The summed E-state index contributed by atoms with van der Waals surface area (Å²) in [5, 5.41) is 19.1. The summed E-state index contributed by atoms with van der Waals surface area (Å²) in [5.41, 5.74) is 3.65. The maximum absolute atomic E-state index is 11.7. The molecule has 4 N–H and O–H groups in total. The summed E-state index contributed by atoms with van der Waals surface area (Å²) >= 11 is 0. The van der Waals surface area contributed by atoms with E-state index in [9.17, 15) is 9.59 Å². The van der Waals surface area contributed by atoms with Gasteiger partial charge >= 0.3 is 12.1 Å². The van der Waals surface area contributed by atoms with Gasteiger partial charge in [-0.25, -0.2) is 4.79 Å². The molecular weight excluding hydrogens is 326 g/mol. The van der Waals surface area contributed by atoms with Crippen LogP contribution in [0.5, 0.6) is 0 Å². The number of hydrogen-bond donors (Lipinski definition) is 4. The number of amides is 1. The van der Waals surface area contributed by atoms with Crippen molar-refractivity contribution in [1.29, 1.82) is 5.41 Å². The highest BCUT2D eigenvalue weighted by Crippen LogP contribution is 2.27. The van der Waals surface area contributed by atoms with Crippen molar-refractivity contribution in [3.63, 3.8) is 0 Å². The van der Waals surface area contributed by atoms with Gasteiger partial charge in [0.2, 0.25) is 0 Å². The molecule has 2 rings (SSSR count). The zero-order valence-corrected chi connectivity index (χ0v) is 14.5. The van der Waals surface area contributed by atoms with Gasteiger partial charge in [-0.15, -0.1) is 0 Å². The average Bonchev–Trinajstić information content (AvgIpc) is 2.93. The van der Waals surface area contributed by atoms with Crippen molar-refractivity contribution in [3.05, 3.63) is 35.4 Å². The van der Waals surface area contributed by atoms with Crippen molar-refractivity contribution in [3.8, 4) is 0 Å². The van der Waals surface area contributed by atoms with Crippen molar-refractivity contribution < 1.29 is 24.3 Å². The van der Waals surface area contributed by atoms with Gasteiger partial charge in [0.15, 0.2) is 0 Å². The number of carbonyl (C=O) groups is 2. The first-order chi connectivity index (χ1) is 11.6. The minimum atomic E-state index is -0.899. The summed E-state index contributed by atoms with van der Waals surface area (Å²) in [6.45, 7) is 5.25. The molecule has 1 aliphatic rings. The highest BCUT2D eigenvalue weighted by Gasteiger charge is 2.28. The van der Waals surface area contributed by atoms with Crippen LogP contribution in [0.15, 0.2) is 24.3 Å². The highest BCUT2D eigenvalue weighted by atomic mass is 16.7. The van der Waals surface area contributed by atoms with Gasteiger partial charge < -0.3 is 9.84 Å². The Labute approximate surface area is 146 Å². The monoisotopic (exact) mass is 349 g/mol. The Kier molecular flexibility index (Phi) is 5.76. The number of alkyl carbamates (subject to hydrolysis) is 1. The molecule has 0 radical (unpaired) electrons.